The standard InChI is InChI=1S/C15H14N2O2/c1-10-5-4-8-16-14(10)15(19)17-13-7-3-6-12(9-13)11(2)18/h3-9H,1-2H3,(H,17,19). The van der Waals surface area contributed by atoms with Crippen molar-refractivity contribution in [1.82, 2.24) is 4.98 Å². The summed E-state index contributed by atoms with van der Waals surface area (Å²) in [7, 11) is 0. The number of pyridine rings is 1. The first-order valence-electron chi connectivity index (χ1n) is 5.92. The average Bonchev–Trinajstić information content (AvgIpc) is 2.39. The van der Waals surface area contributed by atoms with Crippen LogP contribution in [-0.2, 0) is 0 Å². The summed E-state index contributed by atoms with van der Waals surface area (Å²) in [5.41, 5.74) is 2.34. The quantitative estimate of drug-likeness (QED) is 0.857. The van der Waals surface area contributed by atoms with Crippen molar-refractivity contribution in [3.05, 3.63) is 59.4 Å². The lowest BCUT2D eigenvalue weighted by molar-refractivity contribution is 0.100. The van der Waals surface area contributed by atoms with E-state index in [2.05, 4.69) is 10.3 Å². The Hall–Kier alpha value is -2.49. The molecule has 1 heterocycles. The van der Waals surface area contributed by atoms with Crippen molar-refractivity contribution in [2.24, 2.45) is 0 Å². The van der Waals surface area contributed by atoms with Crippen molar-refractivity contribution in [2.75, 3.05) is 5.32 Å². The third-order valence-electron chi connectivity index (χ3n) is 2.75. The fraction of sp³-hybridized carbons (Fsp3) is 0.133. The SMILES string of the molecule is CC(=O)c1cccc(NC(=O)c2ncccc2C)c1. The van der Waals surface area contributed by atoms with Gasteiger partial charge in [0, 0.05) is 17.4 Å². The van der Waals surface area contributed by atoms with Crippen molar-refractivity contribution in [1.29, 1.82) is 0 Å². The highest BCUT2D eigenvalue weighted by Crippen LogP contribution is 2.13. The molecule has 0 unspecified atom stereocenters. The van der Waals surface area contributed by atoms with E-state index in [1.807, 2.05) is 13.0 Å². The Bertz CT molecular complexity index is 636. The Morgan fingerprint density at radius 3 is 2.63 bits per heavy atom. The van der Waals surface area contributed by atoms with Crippen LogP contribution in [0, 0.1) is 6.92 Å². The van der Waals surface area contributed by atoms with E-state index in [0.717, 1.165) is 5.56 Å². The van der Waals surface area contributed by atoms with E-state index in [9.17, 15) is 9.59 Å². The molecule has 0 atom stereocenters. The Morgan fingerprint density at radius 1 is 1.16 bits per heavy atom. The van der Waals surface area contributed by atoms with Gasteiger partial charge in [0.25, 0.3) is 5.91 Å². The number of Topliss-reactive ketones (excluding diaryl/α,β-unsaturated/α-hetero) is 1. The summed E-state index contributed by atoms with van der Waals surface area (Å²) < 4.78 is 0. The summed E-state index contributed by atoms with van der Waals surface area (Å²) in [6.07, 6.45) is 1.58. The zero-order valence-electron chi connectivity index (χ0n) is 10.8. The smallest absolute Gasteiger partial charge is 0.274 e. The second kappa shape index (κ2) is 5.44. The molecule has 96 valence electrons. The Kier molecular flexibility index (Phi) is 3.71. The Balaban J connectivity index is 2.22. The topological polar surface area (TPSA) is 59.1 Å². The molecule has 1 aromatic carbocycles. The van der Waals surface area contributed by atoms with Crippen molar-refractivity contribution in [3.8, 4) is 0 Å². The molecule has 4 nitrogen and oxygen atoms in total. The van der Waals surface area contributed by atoms with Gasteiger partial charge in [-0.2, -0.15) is 0 Å². The maximum Gasteiger partial charge on any atom is 0.274 e. The summed E-state index contributed by atoms with van der Waals surface area (Å²) in [5, 5.41) is 2.74. The molecule has 2 rings (SSSR count). The first-order chi connectivity index (χ1) is 9.08. The van der Waals surface area contributed by atoms with E-state index >= 15 is 0 Å². The summed E-state index contributed by atoms with van der Waals surface area (Å²) >= 11 is 0. The summed E-state index contributed by atoms with van der Waals surface area (Å²) in [4.78, 5) is 27.4. The highest BCUT2D eigenvalue weighted by molar-refractivity contribution is 6.04. The minimum Gasteiger partial charge on any atom is -0.321 e. The zero-order valence-corrected chi connectivity index (χ0v) is 10.8. The molecule has 0 spiro atoms. The summed E-state index contributed by atoms with van der Waals surface area (Å²) in [5.74, 6) is -0.316. The molecule has 0 radical (unpaired) electrons. The Labute approximate surface area is 111 Å². The van der Waals surface area contributed by atoms with Crippen LogP contribution in [0.5, 0.6) is 0 Å². The molecule has 1 aromatic heterocycles. The van der Waals surface area contributed by atoms with Crippen molar-refractivity contribution >= 4 is 17.4 Å². The number of nitrogens with zero attached hydrogens (tertiary/aromatic N) is 1. The van der Waals surface area contributed by atoms with E-state index in [1.54, 1.807) is 36.5 Å². The van der Waals surface area contributed by atoms with E-state index in [0.29, 0.717) is 16.9 Å². The predicted octanol–water partition coefficient (Wildman–Crippen LogP) is 2.84. The second-order valence-electron chi connectivity index (χ2n) is 4.26. The molecule has 0 bridgehead atoms. The van der Waals surface area contributed by atoms with Crippen molar-refractivity contribution in [2.45, 2.75) is 13.8 Å². The number of benzene rings is 1. The van der Waals surface area contributed by atoms with Gasteiger partial charge in [-0.15, -0.1) is 0 Å². The van der Waals surface area contributed by atoms with E-state index in [4.69, 9.17) is 0 Å². The van der Waals surface area contributed by atoms with Crippen LogP contribution < -0.4 is 5.32 Å². The van der Waals surface area contributed by atoms with Crippen LogP contribution >= 0.6 is 0 Å². The van der Waals surface area contributed by atoms with Crippen LogP contribution in [0.4, 0.5) is 5.69 Å². The molecule has 1 N–H and O–H groups in total. The lowest BCUT2D eigenvalue weighted by atomic mass is 10.1. The maximum absolute atomic E-state index is 12.1. The second-order valence-corrected chi connectivity index (χ2v) is 4.26. The van der Waals surface area contributed by atoms with Gasteiger partial charge >= 0.3 is 0 Å². The van der Waals surface area contributed by atoms with Crippen molar-refractivity contribution < 1.29 is 9.59 Å². The van der Waals surface area contributed by atoms with Crippen LogP contribution in [0.15, 0.2) is 42.6 Å². The Morgan fingerprint density at radius 2 is 1.95 bits per heavy atom. The number of nitrogens with one attached hydrogen (secondary N) is 1. The molecule has 0 aliphatic rings. The molecule has 0 saturated carbocycles. The number of ketones is 1. The van der Waals surface area contributed by atoms with Crippen molar-refractivity contribution in [3.63, 3.8) is 0 Å². The molecule has 2 aromatic rings. The van der Waals surface area contributed by atoms with Gasteiger partial charge in [0.1, 0.15) is 5.69 Å². The first-order valence-corrected chi connectivity index (χ1v) is 5.92. The van der Waals surface area contributed by atoms with Gasteiger partial charge < -0.3 is 5.32 Å². The average molecular weight is 254 g/mol. The lowest BCUT2D eigenvalue weighted by Crippen LogP contribution is -2.15. The van der Waals surface area contributed by atoms with Gasteiger partial charge in [0.15, 0.2) is 5.78 Å². The van der Waals surface area contributed by atoms with E-state index in [1.165, 1.54) is 6.92 Å². The predicted molar refractivity (Wildman–Crippen MR) is 73.4 cm³/mol. The number of carbonyl (C=O) groups excluding carboxylic acids is 2. The fourth-order valence-electron chi connectivity index (χ4n) is 1.73. The number of hydrogen-bond acceptors (Lipinski definition) is 3. The van der Waals surface area contributed by atoms with Crippen LogP contribution in [0.1, 0.15) is 33.3 Å². The summed E-state index contributed by atoms with van der Waals surface area (Å²) in [6.45, 7) is 3.32. The van der Waals surface area contributed by atoms with Crippen LogP contribution in [-0.4, -0.2) is 16.7 Å². The number of amides is 1. The highest BCUT2D eigenvalue weighted by Gasteiger charge is 2.10. The van der Waals surface area contributed by atoms with Gasteiger partial charge in [-0.3, -0.25) is 14.6 Å². The van der Waals surface area contributed by atoms with E-state index < -0.39 is 0 Å². The van der Waals surface area contributed by atoms with Gasteiger partial charge in [0.2, 0.25) is 0 Å². The largest absolute Gasteiger partial charge is 0.321 e. The third-order valence-corrected chi connectivity index (χ3v) is 2.75. The lowest BCUT2D eigenvalue weighted by Gasteiger charge is -2.07. The third kappa shape index (κ3) is 3.04. The number of anilines is 1. The van der Waals surface area contributed by atoms with Crippen LogP contribution in [0.3, 0.4) is 0 Å². The van der Waals surface area contributed by atoms with E-state index in [-0.39, 0.29) is 11.7 Å². The number of aryl methyl sites for hydroxylation is 1. The number of hydrogen-bond donors (Lipinski definition) is 1. The zero-order chi connectivity index (χ0) is 13.8. The summed E-state index contributed by atoms with van der Waals surface area (Å²) in [6, 6.07) is 10.4. The maximum atomic E-state index is 12.1. The molecule has 19 heavy (non-hydrogen) atoms. The molecule has 4 heteroatoms. The molecule has 0 saturated heterocycles. The van der Waals surface area contributed by atoms with Gasteiger partial charge in [-0.25, -0.2) is 0 Å². The minimum absolute atomic E-state index is 0.0369. The van der Waals surface area contributed by atoms with Gasteiger partial charge in [-0.05, 0) is 37.6 Å². The number of aromatic nitrogens is 1. The fourth-order valence-corrected chi connectivity index (χ4v) is 1.73. The molecule has 0 aliphatic heterocycles. The normalized spacial score (nSPS) is 10.0. The molecular formula is C15H14N2O2. The number of carbonyl (C=O) groups is 2. The first kappa shape index (κ1) is 13.0. The minimum atomic E-state index is -0.279. The van der Waals surface area contributed by atoms with Crippen LogP contribution in [0.2, 0.25) is 0 Å². The number of rotatable bonds is 3. The molecular weight excluding hydrogens is 240 g/mol. The molecule has 0 fully saturated rings. The monoisotopic (exact) mass is 254 g/mol. The molecule has 0 aliphatic carbocycles. The van der Waals surface area contributed by atoms with Gasteiger partial charge in [0.05, 0.1) is 0 Å². The molecule has 1 amide bonds. The van der Waals surface area contributed by atoms with Crippen LogP contribution in [0.25, 0.3) is 0 Å². The highest BCUT2D eigenvalue weighted by atomic mass is 16.2. The van der Waals surface area contributed by atoms with Gasteiger partial charge in [-0.1, -0.05) is 18.2 Å².